The van der Waals surface area contributed by atoms with Gasteiger partial charge in [0.05, 0.1) is 13.0 Å². The number of esters is 1. The Morgan fingerprint density at radius 1 is 0.812 bits per heavy atom. The molecule has 0 heterocycles. The highest BCUT2D eigenvalue weighted by molar-refractivity contribution is 7.88. The minimum atomic E-state index is -5.00. The number of carboxylic acid groups (broad SMARTS) is 1. The van der Waals surface area contributed by atoms with E-state index in [0.717, 1.165) is 64.2 Å². The molecule has 0 saturated heterocycles. The molecule has 0 aliphatic carbocycles. The molecule has 0 rings (SSSR count). The number of hydrogen-bond donors (Lipinski definition) is 2. The van der Waals surface area contributed by atoms with Crippen LogP contribution in [0.25, 0.3) is 0 Å². The number of hydrogen-bond acceptors (Lipinski definition) is 5. The van der Waals surface area contributed by atoms with Crippen molar-refractivity contribution in [3.8, 4) is 0 Å². The van der Waals surface area contributed by atoms with Gasteiger partial charge in [-0.1, -0.05) is 91.9 Å². The minimum Gasteiger partial charge on any atom is -0.481 e. The lowest BCUT2D eigenvalue weighted by Gasteiger charge is -2.31. The molecule has 0 saturated carbocycles. The fraction of sp³-hybridized carbons (Fsp3) is 0.917. The summed E-state index contributed by atoms with van der Waals surface area (Å²) in [4.78, 5) is 24.7. The lowest BCUT2D eigenvalue weighted by Crippen LogP contribution is -2.50. The van der Waals surface area contributed by atoms with Gasteiger partial charge in [0.1, 0.15) is 0 Å². The summed E-state index contributed by atoms with van der Waals surface area (Å²) in [5.41, 5.74) is 0. The first kappa shape index (κ1) is 30.9. The van der Waals surface area contributed by atoms with Gasteiger partial charge in [-0.25, -0.2) is 0 Å². The molecule has 2 N–H and O–H groups in total. The zero-order valence-corrected chi connectivity index (χ0v) is 21.4. The molecule has 3 atom stereocenters. The Labute approximate surface area is 195 Å². The van der Waals surface area contributed by atoms with Gasteiger partial charge in [0.25, 0.3) is 10.1 Å². The Bertz CT molecular complexity index is 632. The summed E-state index contributed by atoms with van der Waals surface area (Å²) in [7, 11) is -5.00. The molecule has 190 valence electrons. The lowest BCUT2D eigenvalue weighted by atomic mass is 9.85. The number of unbranched alkanes of at least 4 members (excludes halogenated alkanes) is 4. The fourth-order valence-electron chi connectivity index (χ4n) is 4.41. The molecule has 0 amide bonds. The third-order valence-electron chi connectivity index (χ3n) is 6.20. The average molecular weight is 479 g/mol. The monoisotopic (exact) mass is 478 g/mol. The van der Waals surface area contributed by atoms with Crippen LogP contribution < -0.4 is 0 Å². The number of rotatable bonds is 20. The third-order valence-corrected chi connectivity index (χ3v) is 7.66. The van der Waals surface area contributed by atoms with Crippen LogP contribution >= 0.6 is 0 Å². The normalized spacial score (nSPS) is 15.7. The molecule has 0 bridgehead atoms. The molecular formula is C24H46O7S. The maximum Gasteiger partial charge on any atom is 0.330 e. The highest BCUT2D eigenvalue weighted by Gasteiger charge is 2.54. The number of aliphatic carboxylic acids is 1. The van der Waals surface area contributed by atoms with Crippen LogP contribution in [0.15, 0.2) is 0 Å². The van der Waals surface area contributed by atoms with E-state index >= 15 is 0 Å². The molecule has 0 aromatic rings. The summed E-state index contributed by atoms with van der Waals surface area (Å²) in [6, 6.07) is 0. The van der Waals surface area contributed by atoms with Gasteiger partial charge in [-0.15, -0.1) is 0 Å². The Kier molecular flexibility index (Phi) is 15.9. The fourth-order valence-corrected chi connectivity index (χ4v) is 5.43. The minimum absolute atomic E-state index is 0.0432. The van der Waals surface area contributed by atoms with E-state index in [9.17, 15) is 27.7 Å². The van der Waals surface area contributed by atoms with E-state index in [2.05, 4.69) is 13.8 Å². The molecule has 0 aromatic heterocycles. The Morgan fingerprint density at radius 3 is 1.75 bits per heavy atom. The molecule has 3 unspecified atom stereocenters. The van der Waals surface area contributed by atoms with E-state index in [4.69, 9.17) is 4.74 Å². The molecule has 0 aromatic carbocycles. The van der Waals surface area contributed by atoms with Crippen molar-refractivity contribution in [3.05, 3.63) is 0 Å². The van der Waals surface area contributed by atoms with Crippen molar-refractivity contribution in [3.63, 3.8) is 0 Å². The van der Waals surface area contributed by atoms with E-state index < -0.39 is 33.2 Å². The van der Waals surface area contributed by atoms with Gasteiger partial charge in [-0.3, -0.25) is 14.1 Å². The molecule has 0 aliphatic rings. The lowest BCUT2D eigenvalue weighted by molar-refractivity contribution is -0.153. The van der Waals surface area contributed by atoms with Crippen LogP contribution in [0.3, 0.4) is 0 Å². The van der Waals surface area contributed by atoms with Gasteiger partial charge in [-0.2, -0.15) is 8.42 Å². The van der Waals surface area contributed by atoms with Gasteiger partial charge in [-0.05, 0) is 31.1 Å². The molecule has 7 nitrogen and oxygen atoms in total. The molecule has 0 aliphatic heterocycles. The van der Waals surface area contributed by atoms with Crippen LogP contribution in [0.5, 0.6) is 0 Å². The third kappa shape index (κ3) is 11.1. The van der Waals surface area contributed by atoms with Gasteiger partial charge < -0.3 is 9.84 Å². The smallest absolute Gasteiger partial charge is 0.330 e. The molecule has 0 spiro atoms. The topological polar surface area (TPSA) is 118 Å². The standard InChI is InChI=1S/C24H46O7S/c1-5-9-11-15-20(13-7-3)17-24(18-22(25)26,32(28,29)30)23(27)31-19-21(14-8-4)16-12-10-6-2/h20-21H,5-19H2,1-4H3,(H,25,26)(H,28,29,30). The summed E-state index contributed by atoms with van der Waals surface area (Å²) in [5.74, 6) is -2.67. The van der Waals surface area contributed by atoms with Crippen LogP contribution in [0.2, 0.25) is 0 Å². The van der Waals surface area contributed by atoms with E-state index in [0.29, 0.717) is 12.8 Å². The summed E-state index contributed by atoms with van der Waals surface area (Å²) < 4.78 is 38.0. The van der Waals surface area contributed by atoms with Crippen molar-refractivity contribution >= 4 is 22.1 Å². The van der Waals surface area contributed by atoms with Gasteiger partial charge >= 0.3 is 11.9 Å². The predicted octanol–water partition coefficient (Wildman–Crippen LogP) is 6.01. The second-order valence-corrected chi connectivity index (χ2v) is 10.9. The number of carboxylic acids is 1. The maximum atomic E-state index is 13.1. The summed E-state index contributed by atoms with van der Waals surface area (Å²) in [5, 5.41) is 9.44. The largest absolute Gasteiger partial charge is 0.481 e. The zero-order valence-electron chi connectivity index (χ0n) is 20.6. The second-order valence-electron chi connectivity index (χ2n) is 9.14. The van der Waals surface area contributed by atoms with E-state index in [1.54, 1.807) is 0 Å². The Hall–Kier alpha value is -1.15. The Morgan fingerprint density at radius 2 is 1.31 bits per heavy atom. The Balaban J connectivity index is 5.73. The molecule has 0 fully saturated rings. The molecule has 0 radical (unpaired) electrons. The summed E-state index contributed by atoms with van der Waals surface area (Å²) in [6.07, 6.45) is 9.45. The zero-order chi connectivity index (χ0) is 24.6. The predicted molar refractivity (Wildman–Crippen MR) is 127 cm³/mol. The van der Waals surface area contributed by atoms with Gasteiger partial charge in [0, 0.05) is 0 Å². The van der Waals surface area contributed by atoms with Crippen LogP contribution in [0.4, 0.5) is 0 Å². The SMILES string of the molecule is CCCCCC(CCC)COC(=O)C(CC(=O)O)(CC(CCC)CCCCC)S(=O)(=O)O. The van der Waals surface area contributed by atoms with Gasteiger partial charge in [0.15, 0.2) is 0 Å². The average Bonchev–Trinajstić information content (AvgIpc) is 2.70. The first-order chi connectivity index (χ1) is 15.1. The highest BCUT2D eigenvalue weighted by atomic mass is 32.2. The first-order valence-corrected chi connectivity index (χ1v) is 13.9. The van der Waals surface area contributed by atoms with E-state index in [1.807, 2.05) is 13.8 Å². The number of ether oxygens (including phenoxy) is 1. The quantitative estimate of drug-likeness (QED) is 0.125. The van der Waals surface area contributed by atoms with Crippen molar-refractivity contribution in [1.29, 1.82) is 0 Å². The van der Waals surface area contributed by atoms with Crippen molar-refractivity contribution in [2.24, 2.45) is 11.8 Å². The molecular weight excluding hydrogens is 432 g/mol. The number of carbonyl (C=O) groups is 2. The van der Waals surface area contributed by atoms with Crippen LogP contribution in [-0.2, 0) is 24.4 Å². The van der Waals surface area contributed by atoms with Crippen molar-refractivity contribution in [1.82, 2.24) is 0 Å². The second kappa shape index (κ2) is 16.5. The van der Waals surface area contributed by atoms with Crippen LogP contribution in [0.1, 0.15) is 118 Å². The first-order valence-electron chi connectivity index (χ1n) is 12.4. The van der Waals surface area contributed by atoms with Crippen LogP contribution in [-0.4, -0.2) is 41.4 Å². The number of carbonyl (C=O) groups excluding carboxylic acids is 1. The molecule has 8 heteroatoms. The summed E-state index contributed by atoms with van der Waals surface area (Å²) in [6.45, 7) is 8.21. The molecule has 32 heavy (non-hydrogen) atoms. The van der Waals surface area contributed by atoms with Crippen LogP contribution in [0, 0.1) is 11.8 Å². The van der Waals surface area contributed by atoms with E-state index in [-0.39, 0.29) is 24.9 Å². The highest BCUT2D eigenvalue weighted by Crippen LogP contribution is 2.35. The maximum absolute atomic E-state index is 13.1. The van der Waals surface area contributed by atoms with Crippen molar-refractivity contribution in [2.75, 3.05) is 6.61 Å². The van der Waals surface area contributed by atoms with Crippen molar-refractivity contribution < 1.29 is 32.4 Å². The summed E-state index contributed by atoms with van der Waals surface area (Å²) >= 11 is 0. The van der Waals surface area contributed by atoms with Crippen molar-refractivity contribution in [2.45, 2.75) is 122 Å². The van der Waals surface area contributed by atoms with E-state index in [1.165, 1.54) is 0 Å². The van der Waals surface area contributed by atoms with Gasteiger partial charge in [0.2, 0.25) is 4.75 Å².